The molecule has 0 unspecified atom stereocenters. The van der Waals surface area contributed by atoms with E-state index in [-0.39, 0.29) is 9.39 Å². The van der Waals surface area contributed by atoms with Crippen molar-refractivity contribution in [2.24, 2.45) is 0 Å². The molecule has 0 atom stereocenters. The van der Waals surface area contributed by atoms with E-state index < -0.39 is 29.2 Å². The van der Waals surface area contributed by atoms with Gasteiger partial charge in [-0.2, -0.15) is 4.90 Å². The van der Waals surface area contributed by atoms with E-state index in [1.54, 1.807) is 64.1 Å². The van der Waals surface area contributed by atoms with Crippen LogP contribution in [0.5, 0.6) is 0 Å². The number of carbonyl (C=O) groups is 2. The number of halogens is 2. The second-order valence-electron chi connectivity index (χ2n) is 6.75. The summed E-state index contributed by atoms with van der Waals surface area (Å²) in [4.78, 5) is 29.1. The summed E-state index contributed by atoms with van der Waals surface area (Å²) in [5.41, 5.74) is -1.67. The van der Waals surface area contributed by atoms with E-state index in [0.717, 1.165) is 6.07 Å². The molecule has 23 heavy (non-hydrogen) atoms. The molecule has 1 rings (SSSR count). The number of pyridine rings is 1. The Hall–Kier alpha value is -1.45. The fourth-order valence-corrected chi connectivity index (χ4v) is 1.70. The lowest BCUT2D eigenvalue weighted by atomic mass is 10.2. The van der Waals surface area contributed by atoms with E-state index in [9.17, 15) is 14.0 Å². The summed E-state index contributed by atoms with van der Waals surface area (Å²) in [6.45, 7) is 9.92. The van der Waals surface area contributed by atoms with Crippen LogP contribution in [0.4, 0.5) is 19.8 Å². The summed E-state index contributed by atoms with van der Waals surface area (Å²) >= 11 is 1.76. The molecule has 1 aromatic rings. The van der Waals surface area contributed by atoms with Crippen LogP contribution in [-0.4, -0.2) is 28.4 Å². The highest BCUT2D eigenvalue weighted by Gasteiger charge is 2.33. The van der Waals surface area contributed by atoms with Gasteiger partial charge >= 0.3 is 12.2 Å². The summed E-state index contributed by atoms with van der Waals surface area (Å²) in [7, 11) is 0. The number of amides is 2. The van der Waals surface area contributed by atoms with Gasteiger partial charge in [-0.25, -0.2) is 19.0 Å². The van der Waals surface area contributed by atoms with Gasteiger partial charge in [0.25, 0.3) is 0 Å². The third kappa shape index (κ3) is 6.28. The largest absolute Gasteiger partial charge is 0.443 e. The van der Waals surface area contributed by atoms with E-state index in [4.69, 9.17) is 9.47 Å². The lowest BCUT2D eigenvalue weighted by Gasteiger charge is -2.28. The summed E-state index contributed by atoms with van der Waals surface area (Å²) < 4.78 is 24.4. The van der Waals surface area contributed by atoms with Gasteiger partial charge in [0.05, 0.1) is 3.57 Å². The Morgan fingerprint density at radius 2 is 1.52 bits per heavy atom. The van der Waals surface area contributed by atoms with E-state index in [2.05, 4.69) is 4.98 Å². The van der Waals surface area contributed by atoms with Crippen LogP contribution in [-0.2, 0) is 9.47 Å². The average molecular weight is 438 g/mol. The number of imide groups is 1. The Bertz CT molecular complexity index is 580. The Morgan fingerprint density at radius 3 is 1.87 bits per heavy atom. The van der Waals surface area contributed by atoms with Crippen molar-refractivity contribution in [3.05, 3.63) is 21.7 Å². The van der Waals surface area contributed by atoms with Crippen molar-refractivity contribution in [3.63, 3.8) is 0 Å². The van der Waals surface area contributed by atoms with Crippen molar-refractivity contribution >= 4 is 40.6 Å². The van der Waals surface area contributed by atoms with Crippen LogP contribution in [0.3, 0.4) is 0 Å². The molecular formula is C15H20FIN2O4. The minimum Gasteiger partial charge on any atom is -0.443 e. The quantitative estimate of drug-likeness (QED) is 0.604. The lowest BCUT2D eigenvalue weighted by molar-refractivity contribution is 0.0429. The van der Waals surface area contributed by atoms with Gasteiger partial charge in [-0.15, -0.1) is 0 Å². The molecule has 0 aliphatic heterocycles. The predicted octanol–water partition coefficient (Wildman–Crippen LogP) is 4.50. The van der Waals surface area contributed by atoms with E-state index in [0.29, 0.717) is 4.90 Å². The van der Waals surface area contributed by atoms with Gasteiger partial charge in [0.15, 0.2) is 5.82 Å². The maximum atomic E-state index is 13.8. The predicted molar refractivity (Wildman–Crippen MR) is 91.9 cm³/mol. The topological polar surface area (TPSA) is 68.7 Å². The molecule has 0 saturated carbocycles. The van der Waals surface area contributed by atoms with E-state index >= 15 is 0 Å². The number of hydrogen-bond acceptors (Lipinski definition) is 5. The van der Waals surface area contributed by atoms with Crippen LogP contribution in [0, 0.1) is 9.39 Å². The number of ether oxygens (including phenoxy) is 2. The van der Waals surface area contributed by atoms with Crippen molar-refractivity contribution in [2.45, 2.75) is 52.7 Å². The molecule has 128 valence electrons. The molecule has 1 heterocycles. The van der Waals surface area contributed by atoms with E-state index in [1.807, 2.05) is 0 Å². The average Bonchev–Trinajstić information content (AvgIpc) is 2.29. The molecule has 1 aromatic heterocycles. The Balaban J connectivity index is 3.22. The number of hydrogen-bond donors (Lipinski definition) is 0. The highest BCUT2D eigenvalue weighted by atomic mass is 127. The van der Waals surface area contributed by atoms with Crippen LogP contribution in [0.2, 0.25) is 0 Å². The maximum Gasteiger partial charge on any atom is 0.425 e. The van der Waals surface area contributed by atoms with Gasteiger partial charge < -0.3 is 9.47 Å². The summed E-state index contributed by atoms with van der Waals surface area (Å²) in [6.07, 6.45) is -0.757. The number of anilines is 1. The molecule has 0 aromatic carbocycles. The summed E-state index contributed by atoms with van der Waals surface area (Å²) in [5.74, 6) is -0.806. The van der Waals surface area contributed by atoms with Crippen molar-refractivity contribution < 1.29 is 23.5 Å². The normalized spacial score (nSPS) is 11.8. The minimum absolute atomic E-state index is 0.202. The van der Waals surface area contributed by atoms with Crippen LogP contribution in [0.25, 0.3) is 0 Å². The van der Waals surface area contributed by atoms with Crippen LogP contribution in [0.1, 0.15) is 41.5 Å². The van der Waals surface area contributed by atoms with E-state index in [1.165, 1.54) is 6.20 Å². The third-order valence-electron chi connectivity index (χ3n) is 2.18. The molecule has 0 radical (unpaired) electrons. The van der Waals surface area contributed by atoms with Crippen LogP contribution < -0.4 is 4.90 Å². The fourth-order valence-electron chi connectivity index (χ4n) is 1.40. The second kappa shape index (κ2) is 6.98. The molecule has 2 amide bonds. The molecule has 0 fully saturated rings. The first-order valence-electron chi connectivity index (χ1n) is 6.87. The van der Waals surface area contributed by atoms with Gasteiger partial charge in [0, 0.05) is 12.3 Å². The first-order chi connectivity index (χ1) is 10.3. The molecular weight excluding hydrogens is 418 g/mol. The first kappa shape index (κ1) is 19.6. The number of nitrogens with zero attached hydrogens (tertiary/aromatic N) is 2. The fraction of sp³-hybridized carbons (Fsp3) is 0.533. The zero-order valence-corrected chi connectivity index (χ0v) is 16.1. The second-order valence-corrected chi connectivity index (χ2v) is 7.91. The zero-order chi connectivity index (χ0) is 18.0. The van der Waals surface area contributed by atoms with Gasteiger partial charge in [0.2, 0.25) is 0 Å². The maximum absolute atomic E-state index is 13.8. The third-order valence-corrected chi connectivity index (χ3v) is 2.97. The van der Waals surface area contributed by atoms with Gasteiger partial charge in [-0.3, -0.25) is 0 Å². The van der Waals surface area contributed by atoms with Crippen molar-refractivity contribution in [1.82, 2.24) is 4.98 Å². The number of rotatable bonds is 1. The van der Waals surface area contributed by atoms with Crippen molar-refractivity contribution in [3.8, 4) is 0 Å². The highest BCUT2D eigenvalue weighted by Crippen LogP contribution is 2.22. The van der Waals surface area contributed by atoms with Gasteiger partial charge in [-0.05, 0) is 64.1 Å². The molecule has 0 N–H and O–H groups in total. The number of aromatic nitrogens is 1. The van der Waals surface area contributed by atoms with Gasteiger partial charge in [0.1, 0.15) is 17.0 Å². The molecule has 0 aliphatic carbocycles. The lowest BCUT2D eigenvalue weighted by Crippen LogP contribution is -2.44. The monoisotopic (exact) mass is 438 g/mol. The number of carbonyl (C=O) groups excluding carboxylic acids is 2. The van der Waals surface area contributed by atoms with Crippen LogP contribution in [0.15, 0.2) is 12.3 Å². The molecule has 0 saturated heterocycles. The molecule has 0 bridgehead atoms. The standard InChI is InChI=1S/C15H20FIN2O4/c1-14(2,3)22-12(20)19(13(21)23-15(4,5)6)11-7-9(16)10(17)8-18-11/h7-8H,1-6H3. The molecule has 6 nitrogen and oxygen atoms in total. The molecule has 8 heteroatoms. The SMILES string of the molecule is CC(C)(C)OC(=O)N(C(=O)OC(C)(C)C)c1cc(F)c(I)cn1. The Kier molecular flexibility index (Phi) is 5.95. The first-order valence-corrected chi connectivity index (χ1v) is 7.95. The van der Waals surface area contributed by atoms with Gasteiger partial charge in [-0.1, -0.05) is 0 Å². The highest BCUT2D eigenvalue weighted by molar-refractivity contribution is 14.1. The molecule has 0 aliphatic rings. The van der Waals surface area contributed by atoms with Crippen molar-refractivity contribution in [1.29, 1.82) is 0 Å². The smallest absolute Gasteiger partial charge is 0.425 e. The van der Waals surface area contributed by atoms with Crippen LogP contribution >= 0.6 is 22.6 Å². The Labute approximate surface area is 148 Å². The Morgan fingerprint density at radius 1 is 1.09 bits per heavy atom. The zero-order valence-electron chi connectivity index (χ0n) is 13.9. The minimum atomic E-state index is -0.986. The molecule has 0 spiro atoms. The summed E-state index contributed by atoms with van der Waals surface area (Å²) in [6, 6.07) is 0.982. The summed E-state index contributed by atoms with van der Waals surface area (Å²) in [5, 5.41) is 0. The van der Waals surface area contributed by atoms with Crippen molar-refractivity contribution in [2.75, 3.05) is 4.90 Å².